The summed E-state index contributed by atoms with van der Waals surface area (Å²) in [6.07, 6.45) is 2.11. The van der Waals surface area contributed by atoms with Gasteiger partial charge in [-0.25, -0.2) is 9.67 Å². The van der Waals surface area contributed by atoms with Gasteiger partial charge in [0.1, 0.15) is 17.9 Å². The van der Waals surface area contributed by atoms with Gasteiger partial charge in [-0.2, -0.15) is 0 Å². The molecule has 0 radical (unpaired) electrons. The van der Waals surface area contributed by atoms with Gasteiger partial charge >= 0.3 is 0 Å². The highest BCUT2D eigenvalue weighted by molar-refractivity contribution is 5.77. The highest BCUT2D eigenvalue weighted by Gasteiger charge is 2.06. The van der Waals surface area contributed by atoms with Crippen molar-refractivity contribution < 1.29 is 9.53 Å². The molecular weight excluding hydrogens is 346 g/mol. The fourth-order valence-electron chi connectivity index (χ4n) is 2.64. The molecule has 0 bridgehead atoms. The van der Waals surface area contributed by atoms with Crippen LogP contribution in [0.4, 0.5) is 0 Å². The molecule has 0 fully saturated rings. The summed E-state index contributed by atoms with van der Waals surface area (Å²) in [5.74, 6) is 1.21. The zero-order chi connectivity index (χ0) is 18.5. The van der Waals surface area contributed by atoms with Gasteiger partial charge in [-0.05, 0) is 34.7 Å². The molecule has 9 nitrogen and oxygen atoms in total. The summed E-state index contributed by atoms with van der Waals surface area (Å²) in [7, 11) is 0. The fraction of sp³-hybridized carbons (Fsp3) is 0.167. The third-order valence-corrected chi connectivity index (χ3v) is 3.92. The maximum Gasteiger partial charge on any atom is 0.257 e. The first-order valence-corrected chi connectivity index (χ1v) is 8.44. The van der Waals surface area contributed by atoms with Crippen LogP contribution in [0.2, 0.25) is 0 Å². The van der Waals surface area contributed by atoms with Gasteiger partial charge in [0.05, 0.1) is 16.7 Å². The molecule has 9 heteroatoms. The van der Waals surface area contributed by atoms with Crippen LogP contribution in [0.25, 0.3) is 16.7 Å². The number of ether oxygens (including phenoxy) is 1. The first kappa shape index (κ1) is 16.7. The van der Waals surface area contributed by atoms with Crippen molar-refractivity contribution >= 4 is 16.9 Å². The Bertz CT molecular complexity index is 1010. The van der Waals surface area contributed by atoms with E-state index in [0.717, 1.165) is 22.5 Å². The molecule has 0 spiro atoms. The molecule has 0 saturated carbocycles. The van der Waals surface area contributed by atoms with Gasteiger partial charge in [0.2, 0.25) is 0 Å². The third-order valence-electron chi connectivity index (χ3n) is 3.92. The van der Waals surface area contributed by atoms with Crippen molar-refractivity contribution in [2.24, 2.45) is 0 Å². The number of carbonyl (C=O) groups excluding carboxylic acids is 1. The van der Waals surface area contributed by atoms with Crippen LogP contribution >= 0.6 is 0 Å². The number of rotatable bonds is 7. The summed E-state index contributed by atoms with van der Waals surface area (Å²) < 4.78 is 7.05. The van der Waals surface area contributed by atoms with Gasteiger partial charge in [-0.3, -0.25) is 4.79 Å². The zero-order valence-electron chi connectivity index (χ0n) is 14.4. The monoisotopic (exact) mass is 363 g/mol. The number of aromatic amines is 1. The summed E-state index contributed by atoms with van der Waals surface area (Å²) in [6.45, 7) is 0.409. The fourth-order valence-corrected chi connectivity index (χ4v) is 2.64. The van der Waals surface area contributed by atoms with Gasteiger partial charge in [0, 0.05) is 19.0 Å². The molecule has 0 aliphatic heterocycles. The van der Waals surface area contributed by atoms with Gasteiger partial charge in [0.25, 0.3) is 5.91 Å². The van der Waals surface area contributed by atoms with E-state index in [-0.39, 0.29) is 12.5 Å². The van der Waals surface area contributed by atoms with E-state index in [1.807, 2.05) is 36.4 Å². The molecule has 0 atom stereocenters. The van der Waals surface area contributed by atoms with E-state index in [2.05, 4.69) is 30.8 Å². The zero-order valence-corrected chi connectivity index (χ0v) is 14.4. The van der Waals surface area contributed by atoms with Crippen molar-refractivity contribution in [1.29, 1.82) is 0 Å². The van der Waals surface area contributed by atoms with Crippen LogP contribution in [-0.2, 0) is 11.2 Å². The van der Waals surface area contributed by atoms with E-state index in [4.69, 9.17) is 4.74 Å². The number of benzene rings is 2. The van der Waals surface area contributed by atoms with Crippen LogP contribution in [0, 0.1) is 0 Å². The summed E-state index contributed by atoms with van der Waals surface area (Å²) in [5.41, 5.74) is 2.66. The Morgan fingerprint density at radius 3 is 2.96 bits per heavy atom. The topological polar surface area (TPSA) is 111 Å². The normalized spacial score (nSPS) is 10.8. The van der Waals surface area contributed by atoms with E-state index in [0.29, 0.717) is 18.7 Å². The van der Waals surface area contributed by atoms with Crippen molar-refractivity contribution in [3.05, 3.63) is 60.7 Å². The molecule has 136 valence electrons. The smallest absolute Gasteiger partial charge is 0.257 e. The second-order valence-electron chi connectivity index (χ2n) is 5.84. The molecule has 0 unspecified atom stereocenters. The Kier molecular flexibility index (Phi) is 4.73. The minimum Gasteiger partial charge on any atom is -0.484 e. The summed E-state index contributed by atoms with van der Waals surface area (Å²) in [5, 5.41) is 13.8. The molecule has 4 aromatic rings. The molecule has 2 aromatic heterocycles. The average Bonchev–Trinajstić information content (AvgIpc) is 3.36. The highest BCUT2D eigenvalue weighted by Crippen LogP contribution is 2.15. The van der Waals surface area contributed by atoms with E-state index >= 15 is 0 Å². The number of hydrogen-bond donors (Lipinski definition) is 2. The number of para-hydroxylation sites is 2. The van der Waals surface area contributed by atoms with E-state index in [1.54, 1.807) is 12.1 Å². The van der Waals surface area contributed by atoms with Gasteiger partial charge in [-0.15, -0.1) is 5.10 Å². The molecule has 27 heavy (non-hydrogen) atoms. The number of carbonyl (C=O) groups is 1. The Balaban J connectivity index is 1.25. The predicted molar refractivity (Wildman–Crippen MR) is 97.5 cm³/mol. The van der Waals surface area contributed by atoms with Crippen LogP contribution in [0.1, 0.15) is 5.82 Å². The van der Waals surface area contributed by atoms with Crippen molar-refractivity contribution in [3.63, 3.8) is 0 Å². The maximum absolute atomic E-state index is 12.0. The van der Waals surface area contributed by atoms with Gasteiger partial charge < -0.3 is 15.0 Å². The Labute approximate surface area is 154 Å². The lowest BCUT2D eigenvalue weighted by Crippen LogP contribution is -2.30. The van der Waals surface area contributed by atoms with Crippen molar-refractivity contribution in [2.75, 3.05) is 13.2 Å². The Morgan fingerprint density at radius 2 is 2.11 bits per heavy atom. The molecule has 0 saturated heterocycles. The summed E-state index contributed by atoms with van der Waals surface area (Å²) >= 11 is 0. The van der Waals surface area contributed by atoms with E-state index < -0.39 is 0 Å². The molecule has 2 N–H and O–H groups in total. The quantitative estimate of drug-likeness (QED) is 0.512. The second kappa shape index (κ2) is 7.65. The Morgan fingerprint density at radius 1 is 1.19 bits per heavy atom. The number of aromatic nitrogens is 6. The molecule has 4 rings (SSSR count). The number of amides is 1. The number of fused-ring (bicyclic) bond motifs is 1. The van der Waals surface area contributed by atoms with Crippen LogP contribution in [0.15, 0.2) is 54.9 Å². The number of tetrazole rings is 1. The lowest BCUT2D eigenvalue weighted by Gasteiger charge is -2.08. The lowest BCUT2D eigenvalue weighted by atomic mass is 10.3. The van der Waals surface area contributed by atoms with Gasteiger partial charge in [-0.1, -0.05) is 18.2 Å². The summed E-state index contributed by atoms with van der Waals surface area (Å²) in [4.78, 5) is 19.7. The largest absolute Gasteiger partial charge is 0.484 e. The first-order chi connectivity index (χ1) is 13.3. The number of hydrogen-bond acceptors (Lipinski definition) is 6. The molecule has 2 heterocycles. The summed E-state index contributed by atoms with van der Waals surface area (Å²) in [6, 6.07) is 15.0. The van der Waals surface area contributed by atoms with Crippen molar-refractivity contribution in [2.45, 2.75) is 6.42 Å². The SMILES string of the molecule is O=C(COc1cccc(-n2cnnn2)c1)NCCc1nc2ccccc2[nH]1. The van der Waals surface area contributed by atoms with Crippen molar-refractivity contribution in [1.82, 2.24) is 35.5 Å². The number of nitrogens with one attached hydrogen (secondary N) is 2. The number of H-pyrrole nitrogens is 1. The predicted octanol–water partition coefficient (Wildman–Crippen LogP) is 1.28. The lowest BCUT2D eigenvalue weighted by molar-refractivity contribution is -0.123. The molecule has 1 amide bonds. The number of nitrogens with zero attached hydrogens (tertiary/aromatic N) is 5. The van der Waals surface area contributed by atoms with Crippen LogP contribution in [0.5, 0.6) is 5.75 Å². The molecular formula is C18H17N7O2. The average molecular weight is 363 g/mol. The first-order valence-electron chi connectivity index (χ1n) is 8.44. The van der Waals surface area contributed by atoms with E-state index in [1.165, 1.54) is 11.0 Å². The number of imidazole rings is 1. The second-order valence-corrected chi connectivity index (χ2v) is 5.84. The molecule has 2 aromatic carbocycles. The standard InChI is InChI=1S/C18H17N7O2/c26-18(19-9-8-17-21-15-6-1-2-7-16(15)22-17)11-27-14-5-3-4-13(10-14)25-12-20-23-24-25/h1-7,10,12H,8-9,11H2,(H,19,26)(H,21,22). The third kappa shape index (κ3) is 4.09. The molecule has 0 aliphatic rings. The Hall–Kier alpha value is -3.75. The molecule has 0 aliphatic carbocycles. The minimum absolute atomic E-state index is 0.0702. The maximum atomic E-state index is 12.0. The van der Waals surface area contributed by atoms with Gasteiger partial charge in [0.15, 0.2) is 6.61 Å². The van der Waals surface area contributed by atoms with Crippen molar-refractivity contribution in [3.8, 4) is 11.4 Å². The van der Waals surface area contributed by atoms with Crippen LogP contribution in [0.3, 0.4) is 0 Å². The minimum atomic E-state index is -0.195. The highest BCUT2D eigenvalue weighted by atomic mass is 16.5. The van der Waals surface area contributed by atoms with E-state index in [9.17, 15) is 4.79 Å². The van der Waals surface area contributed by atoms with Crippen LogP contribution < -0.4 is 10.1 Å². The van der Waals surface area contributed by atoms with Crippen LogP contribution in [-0.4, -0.2) is 49.2 Å².